The zero-order valence-corrected chi connectivity index (χ0v) is 8.48. The van der Waals surface area contributed by atoms with Gasteiger partial charge in [0.15, 0.2) is 0 Å². The summed E-state index contributed by atoms with van der Waals surface area (Å²) in [5.41, 5.74) is 6.68. The number of allylic oxidation sites excluding steroid dienone is 1. The van der Waals surface area contributed by atoms with Gasteiger partial charge in [-0.15, -0.1) is 6.58 Å². The molecule has 1 aromatic rings. The Labute approximate surface area is 85.1 Å². The molecule has 0 aliphatic rings. The molecule has 2 atom stereocenters. The van der Waals surface area contributed by atoms with Crippen molar-refractivity contribution in [3.63, 3.8) is 0 Å². The highest BCUT2D eigenvalue weighted by Gasteiger charge is 2.14. The van der Waals surface area contributed by atoms with Gasteiger partial charge < -0.3 is 10.8 Å². The fraction of sp³-hybridized carbons (Fsp3) is 0.333. The van der Waals surface area contributed by atoms with Crippen LogP contribution in [0.4, 0.5) is 0 Å². The standard InChI is InChI=1S/C12H17NO/c1-3-12(9(2)8-13)10-5-4-6-11(14)7-10/h3-7,9,12,14H,1,8,13H2,2H3. The molecule has 0 spiro atoms. The van der Waals surface area contributed by atoms with Gasteiger partial charge in [0.05, 0.1) is 0 Å². The van der Waals surface area contributed by atoms with Crippen LogP contribution in [0.3, 0.4) is 0 Å². The minimum absolute atomic E-state index is 0.215. The summed E-state index contributed by atoms with van der Waals surface area (Å²) < 4.78 is 0. The van der Waals surface area contributed by atoms with Crippen molar-refractivity contribution in [3.05, 3.63) is 42.5 Å². The molecule has 0 bridgehead atoms. The maximum atomic E-state index is 9.35. The lowest BCUT2D eigenvalue weighted by Gasteiger charge is -2.19. The summed E-state index contributed by atoms with van der Waals surface area (Å²) in [6, 6.07) is 7.25. The Kier molecular flexibility index (Phi) is 3.72. The molecule has 0 aliphatic carbocycles. The number of aromatic hydroxyl groups is 1. The van der Waals surface area contributed by atoms with Gasteiger partial charge in [-0.25, -0.2) is 0 Å². The lowest BCUT2D eigenvalue weighted by atomic mass is 9.87. The van der Waals surface area contributed by atoms with Crippen LogP contribution in [0.5, 0.6) is 5.75 Å². The third-order valence-corrected chi connectivity index (χ3v) is 2.49. The van der Waals surface area contributed by atoms with Gasteiger partial charge in [0.2, 0.25) is 0 Å². The topological polar surface area (TPSA) is 46.2 Å². The van der Waals surface area contributed by atoms with Gasteiger partial charge in [0.25, 0.3) is 0 Å². The molecule has 2 nitrogen and oxygen atoms in total. The van der Waals surface area contributed by atoms with Crippen LogP contribution in [0.25, 0.3) is 0 Å². The molecule has 2 heteroatoms. The highest BCUT2D eigenvalue weighted by atomic mass is 16.3. The van der Waals surface area contributed by atoms with Crippen molar-refractivity contribution >= 4 is 0 Å². The second-order valence-electron chi connectivity index (χ2n) is 3.57. The van der Waals surface area contributed by atoms with Crippen molar-refractivity contribution in [1.29, 1.82) is 0 Å². The van der Waals surface area contributed by atoms with E-state index < -0.39 is 0 Å². The lowest BCUT2D eigenvalue weighted by molar-refractivity contribution is 0.471. The monoisotopic (exact) mass is 191 g/mol. The number of nitrogens with two attached hydrogens (primary N) is 1. The van der Waals surface area contributed by atoms with Gasteiger partial charge in [-0.05, 0) is 30.2 Å². The van der Waals surface area contributed by atoms with E-state index in [1.165, 1.54) is 0 Å². The first-order chi connectivity index (χ1) is 6.69. The molecule has 0 amide bonds. The summed E-state index contributed by atoms with van der Waals surface area (Å²) in [5, 5.41) is 9.35. The van der Waals surface area contributed by atoms with Crippen LogP contribution >= 0.6 is 0 Å². The molecular formula is C12H17NO. The Morgan fingerprint density at radius 3 is 2.79 bits per heavy atom. The smallest absolute Gasteiger partial charge is 0.115 e. The first-order valence-electron chi connectivity index (χ1n) is 4.80. The molecule has 76 valence electrons. The summed E-state index contributed by atoms with van der Waals surface area (Å²) in [6.07, 6.45) is 1.88. The van der Waals surface area contributed by atoms with Gasteiger partial charge in [0, 0.05) is 5.92 Å². The second kappa shape index (κ2) is 4.82. The lowest BCUT2D eigenvalue weighted by Crippen LogP contribution is -2.17. The van der Waals surface area contributed by atoms with Crippen LogP contribution in [-0.4, -0.2) is 11.7 Å². The van der Waals surface area contributed by atoms with E-state index >= 15 is 0 Å². The third-order valence-electron chi connectivity index (χ3n) is 2.49. The Balaban J connectivity index is 2.94. The Bertz CT molecular complexity index is 309. The predicted octanol–water partition coefficient (Wildman–Crippen LogP) is 2.26. The van der Waals surface area contributed by atoms with E-state index in [2.05, 4.69) is 13.5 Å². The fourth-order valence-corrected chi connectivity index (χ4v) is 1.58. The quantitative estimate of drug-likeness (QED) is 0.717. The van der Waals surface area contributed by atoms with Gasteiger partial charge in [-0.3, -0.25) is 0 Å². The molecule has 0 saturated carbocycles. The minimum atomic E-state index is 0.215. The number of phenolic OH excluding ortho intramolecular Hbond substituents is 1. The maximum Gasteiger partial charge on any atom is 0.115 e. The highest BCUT2D eigenvalue weighted by Crippen LogP contribution is 2.27. The highest BCUT2D eigenvalue weighted by molar-refractivity contribution is 5.32. The number of hydrogen-bond donors (Lipinski definition) is 2. The van der Waals surface area contributed by atoms with E-state index in [0.717, 1.165) is 5.56 Å². The predicted molar refractivity (Wildman–Crippen MR) is 59.3 cm³/mol. The first kappa shape index (κ1) is 10.8. The van der Waals surface area contributed by atoms with Gasteiger partial charge in [-0.2, -0.15) is 0 Å². The van der Waals surface area contributed by atoms with E-state index in [1.807, 2.05) is 18.2 Å². The molecule has 14 heavy (non-hydrogen) atoms. The van der Waals surface area contributed by atoms with E-state index in [-0.39, 0.29) is 5.92 Å². The van der Waals surface area contributed by atoms with Crippen molar-refractivity contribution in [2.45, 2.75) is 12.8 Å². The molecule has 0 fully saturated rings. The van der Waals surface area contributed by atoms with E-state index in [1.54, 1.807) is 12.1 Å². The van der Waals surface area contributed by atoms with E-state index in [0.29, 0.717) is 18.2 Å². The van der Waals surface area contributed by atoms with E-state index in [4.69, 9.17) is 5.73 Å². The number of benzene rings is 1. The van der Waals surface area contributed by atoms with Gasteiger partial charge >= 0.3 is 0 Å². The van der Waals surface area contributed by atoms with Crippen molar-refractivity contribution in [2.24, 2.45) is 11.7 Å². The van der Waals surface area contributed by atoms with Crippen LogP contribution in [0, 0.1) is 5.92 Å². The van der Waals surface area contributed by atoms with Crippen molar-refractivity contribution < 1.29 is 5.11 Å². The normalized spacial score (nSPS) is 14.7. The molecule has 1 rings (SSSR count). The van der Waals surface area contributed by atoms with Crippen LogP contribution in [0.2, 0.25) is 0 Å². The van der Waals surface area contributed by atoms with Crippen molar-refractivity contribution in [1.82, 2.24) is 0 Å². The maximum absolute atomic E-state index is 9.35. The zero-order chi connectivity index (χ0) is 10.6. The fourth-order valence-electron chi connectivity index (χ4n) is 1.58. The average molecular weight is 191 g/mol. The van der Waals surface area contributed by atoms with Gasteiger partial charge in [-0.1, -0.05) is 25.1 Å². The van der Waals surface area contributed by atoms with E-state index in [9.17, 15) is 5.11 Å². The average Bonchev–Trinajstić information content (AvgIpc) is 2.19. The molecular weight excluding hydrogens is 174 g/mol. The Morgan fingerprint density at radius 2 is 2.29 bits per heavy atom. The van der Waals surface area contributed by atoms with Crippen LogP contribution in [0.1, 0.15) is 18.4 Å². The number of rotatable bonds is 4. The zero-order valence-electron chi connectivity index (χ0n) is 8.48. The molecule has 1 aromatic carbocycles. The number of phenols is 1. The van der Waals surface area contributed by atoms with Crippen molar-refractivity contribution in [3.8, 4) is 5.75 Å². The van der Waals surface area contributed by atoms with Crippen LogP contribution < -0.4 is 5.73 Å². The Morgan fingerprint density at radius 1 is 1.57 bits per heavy atom. The summed E-state index contributed by atoms with van der Waals surface area (Å²) >= 11 is 0. The van der Waals surface area contributed by atoms with Crippen LogP contribution in [0.15, 0.2) is 36.9 Å². The van der Waals surface area contributed by atoms with Crippen LogP contribution in [-0.2, 0) is 0 Å². The molecule has 3 N–H and O–H groups in total. The summed E-state index contributed by atoms with van der Waals surface area (Å²) in [7, 11) is 0. The molecule has 0 saturated heterocycles. The SMILES string of the molecule is C=CC(c1cccc(O)c1)C(C)CN. The van der Waals surface area contributed by atoms with Crippen molar-refractivity contribution in [2.75, 3.05) is 6.54 Å². The number of hydrogen-bond acceptors (Lipinski definition) is 2. The summed E-state index contributed by atoms with van der Waals surface area (Å²) in [4.78, 5) is 0. The van der Waals surface area contributed by atoms with Gasteiger partial charge in [0.1, 0.15) is 5.75 Å². The largest absolute Gasteiger partial charge is 0.508 e. The molecule has 0 radical (unpaired) electrons. The summed E-state index contributed by atoms with van der Waals surface area (Å²) in [5.74, 6) is 0.847. The summed E-state index contributed by atoms with van der Waals surface area (Å²) in [6.45, 7) is 6.50. The molecule has 0 aliphatic heterocycles. The minimum Gasteiger partial charge on any atom is -0.508 e. The Hall–Kier alpha value is -1.28. The second-order valence-corrected chi connectivity index (χ2v) is 3.57. The first-order valence-corrected chi connectivity index (χ1v) is 4.80. The third kappa shape index (κ3) is 2.36. The molecule has 2 unspecified atom stereocenters. The molecule has 0 heterocycles. The molecule has 0 aromatic heterocycles.